The van der Waals surface area contributed by atoms with E-state index in [1.807, 2.05) is 6.07 Å². The van der Waals surface area contributed by atoms with Gasteiger partial charge in [0, 0.05) is 19.5 Å². The van der Waals surface area contributed by atoms with Crippen molar-refractivity contribution in [3.8, 4) is 0 Å². The molecule has 1 aliphatic rings. The Kier molecular flexibility index (Phi) is 4.40. The topological polar surface area (TPSA) is 40.5 Å². The maximum atomic E-state index is 14.1. The highest BCUT2D eigenvalue weighted by atomic mass is 19.1. The summed E-state index contributed by atoms with van der Waals surface area (Å²) >= 11 is 0. The maximum Gasteiger partial charge on any atom is 0.303 e. The van der Waals surface area contributed by atoms with Crippen LogP contribution in [0.4, 0.5) is 10.1 Å². The van der Waals surface area contributed by atoms with Crippen LogP contribution in [0.15, 0.2) is 18.2 Å². The highest BCUT2D eigenvalue weighted by Gasteiger charge is 2.18. The molecule has 1 aliphatic heterocycles. The van der Waals surface area contributed by atoms with Gasteiger partial charge in [0.1, 0.15) is 5.82 Å². The van der Waals surface area contributed by atoms with Crippen LogP contribution in [0, 0.1) is 11.7 Å². The molecule has 1 saturated heterocycles. The van der Waals surface area contributed by atoms with E-state index in [4.69, 9.17) is 5.11 Å². The highest BCUT2D eigenvalue weighted by Crippen LogP contribution is 2.26. The molecular weight excluding hydrogens is 245 g/mol. The fraction of sp³-hybridized carbons (Fsp3) is 0.533. The van der Waals surface area contributed by atoms with Crippen molar-refractivity contribution in [2.75, 3.05) is 18.0 Å². The molecule has 4 heteroatoms. The number of aliphatic carboxylic acids is 1. The molecule has 0 bridgehead atoms. The standard InChI is InChI=1S/C15H20FNO2/c1-11-6-8-17(9-7-11)14-4-2-12(10-13(14)16)3-5-15(18)19/h2,4,10-11H,3,5-9H2,1H3,(H,18,19). The van der Waals surface area contributed by atoms with Crippen LogP contribution in [0.5, 0.6) is 0 Å². The summed E-state index contributed by atoms with van der Waals surface area (Å²) in [7, 11) is 0. The Morgan fingerprint density at radius 2 is 2.11 bits per heavy atom. The Hall–Kier alpha value is -1.58. The Morgan fingerprint density at radius 3 is 2.68 bits per heavy atom. The van der Waals surface area contributed by atoms with Crippen molar-refractivity contribution in [3.05, 3.63) is 29.6 Å². The number of hydrogen-bond donors (Lipinski definition) is 1. The van der Waals surface area contributed by atoms with Gasteiger partial charge in [0.15, 0.2) is 0 Å². The van der Waals surface area contributed by atoms with E-state index in [0.29, 0.717) is 18.0 Å². The summed E-state index contributed by atoms with van der Waals surface area (Å²) in [5.74, 6) is -0.374. The fourth-order valence-corrected chi connectivity index (χ4v) is 2.46. The first-order chi connectivity index (χ1) is 9.06. The molecule has 1 heterocycles. The number of hydrogen-bond acceptors (Lipinski definition) is 2. The predicted octanol–water partition coefficient (Wildman–Crippen LogP) is 3.08. The Balaban J connectivity index is 2.04. The van der Waals surface area contributed by atoms with Gasteiger partial charge in [-0.05, 0) is 42.9 Å². The van der Waals surface area contributed by atoms with Crippen molar-refractivity contribution >= 4 is 11.7 Å². The summed E-state index contributed by atoms with van der Waals surface area (Å²) in [5, 5.41) is 8.63. The van der Waals surface area contributed by atoms with Crippen molar-refractivity contribution in [2.45, 2.75) is 32.6 Å². The first-order valence-electron chi connectivity index (χ1n) is 6.81. The van der Waals surface area contributed by atoms with E-state index < -0.39 is 5.97 Å². The van der Waals surface area contributed by atoms with Gasteiger partial charge in [-0.2, -0.15) is 0 Å². The van der Waals surface area contributed by atoms with Gasteiger partial charge in [-0.1, -0.05) is 13.0 Å². The molecule has 104 valence electrons. The third kappa shape index (κ3) is 3.69. The monoisotopic (exact) mass is 265 g/mol. The minimum atomic E-state index is -0.852. The van der Waals surface area contributed by atoms with Crippen LogP contribution in [0.3, 0.4) is 0 Å². The number of anilines is 1. The second-order valence-electron chi connectivity index (χ2n) is 5.35. The zero-order valence-corrected chi connectivity index (χ0v) is 11.2. The molecule has 0 spiro atoms. The Morgan fingerprint density at radius 1 is 1.42 bits per heavy atom. The molecule has 1 aromatic carbocycles. The molecule has 19 heavy (non-hydrogen) atoms. The number of carboxylic acids is 1. The number of halogens is 1. The molecule has 2 rings (SSSR count). The number of benzene rings is 1. The number of carbonyl (C=O) groups is 1. The fourth-order valence-electron chi connectivity index (χ4n) is 2.46. The van der Waals surface area contributed by atoms with Crippen LogP contribution in [0.1, 0.15) is 31.7 Å². The smallest absolute Gasteiger partial charge is 0.303 e. The Labute approximate surface area is 113 Å². The zero-order chi connectivity index (χ0) is 13.8. The van der Waals surface area contributed by atoms with Gasteiger partial charge in [-0.25, -0.2) is 4.39 Å². The molecule has 0 aromatic heterocycles. The molecule has 0 unspecified atom stereocenters. The van der Waals surface area contributed by atoms with E-state index in [1.165, 1.54) is 6.07 Å². The number of rotatable bonds is 4. The lowest BCUT2D eigenvalue weighted by molar-refractivity contribution is -0.136. The SMILES string of the molecule is CC1CCN(c2ccc(CCC(=O)O)cc2F)CC1. The van der Waals surface area contributed by atoms with Crippen molar-refractivity contribution in [2.24, 2.45) is 5.92 Å². The molecule has 0 saturated carbocycles. The summed E-state index contributed by atoms with van der Waals surface area (Å²) in [5.41, 5.74) is 1.39. The van der Waals surface area contributed by atoms with Crippen LogP contribution in [0.2, 0.25) is 0 Å². The van der Waals surface area contributed by atoms with Crippen LogP contribution < -0.4 is 4.90 Å². The normalized spacial score (nSPS) is 16.6. The molecule has 0 aliphatic carbocycles. The van der Waals surface area contributed by atoms with Crippen LogP contribution in [-0.4, -0.2) is 24.2 Å². The lowest BCUT2D eigenvalue weighted by atomic mass is 9.98. The quantitative estimate of drug-likeness (QED) is 0.909. The molecule has 0 atom stereocenters. The summed E-state index contributed by atoms with van der Waals surface area (Å²) in [6, 6.07) is 5.08. The van der Waals surface area contributed by atoms with Gasteiger partial charge >= 0.3 is 5.97 Å². The summed E-state index contributed by atoms with van der Waals surface area (Å²) < 4.78 is 14.1. The van der Waals surface area contributed by atoms with Crippen molar-refractivity contribution in [1.29, 1.82) is 0 Å². The van der Waals surface area contributed by atoms with Gasteiger partial charge in [-0.15, -0.1) is 0 Å². The molecular formula is C15H20FNO2. The van der Waals surface area contributed by atoms with E-state index >= 15 is 0 Å². The summed E-state index contributed by atoms with van der Waals surface area (Å²) in [6.07, 6.45) is 2.62. The second-order valence-corrected chi connectivity index (χ2v) is 5.35. The summed E-state index contributed by atoms with van der Waals surface area (Å²) in [4.78, 5) is 12.6. The van der Waals surface area contributed by atoms with Crippen LogP contribution in [0.25, 0.3) is 0 Å². The maximum absolute atomic E-state index is 14.1. The number of piperidine rings is 1. The van der Waals surface area contributed by atoms with Gasteiger partial charge in [0.2, 0.25) is 0 Å². The van der Waals surface area contributed by atoms with Crippen LogP contribution in [-0.2, 0) is 11.2 Å². The highest BCUT2D eigenvalue weighted by molar-refractivity contribution is 5.67. The van der Waals surface area contributed by atoms with Gasteiger partial charge in [0.05, 0.1) is 5.69 Å². The third-order valence-corrected chi connectivity index (χ3v) is 3.76. The van der Waals surface area contributed by atoms with Crippen molar-refractivity contribution in [3.63, 3.8) is 0 Å². The molecule has 0 radical (unpaired) electrons. The van der Waals surface area contributed by atoms with E-state index in [2.05, 4.69) is 11.8 Å². The zero-order valence-electron chi connectivity index (χ0n) is 11.2. The number of aryl methyl sites for hydroxylation is 1. The van der Waals surface area contributed by atoms with Crippen molar-refractivity contribution < 1.29 is 14.3 Å². The lowest BCUT2D eigenvalue weighted by Gasteiger charge is -2.32. The largest absolute Gasteiger partial charge is 0.481 e. The number of nitrogens with zero attached hydrogens (tertiary/aromatic N) is 1. The van der Waals surface area contributed by atoms with E-state index in [0.717, 1.165) is 31.5 Å². The molecule has 3 nitrogen and oxygen atoms in total. The Bertz CT molecular complexity index is 453. The number of carboxylic acid groups (broad SMARTS) is 1. The molecule has 0 amide bonds. The predicted molar refractivity (Wildman–Crippen MR) is 73.0 cm³/mol. The second kappa shape index (κ2) is 6.04. The summed E-state index contributed by atoms with van der Waals surface area (Å²) in [6.45, 7) is 4.02. The van der Waals surface area contributed by atoms with Gasteiger partial charge < -0.3 is 10.0 Å². The minimum Gasteiger partial charge on any atom is -0.481 e. The van der Waals surface area contributed by atoms with Crippen molar-refractivity contribution in [1.82, 2.24) is 0 Å². The van der Waals surface area contributed by atoms with E-state index in [-0.39, 0.29) is 12.2 Å². The van der Waals surface area contributed by atoms with Gasteiger partial charge in [-0.3, -0.25) is 4.79 Å². The molecule has 1 N–H and O–H groups in total. The average Bonchev–Trinajstić information content (AvgIpc) is 2.38. The first-order valence-corrected chi connectivity index (χ1v) is 6.81. The van der Waals surface area contributed by atoms with E-state index in [1.54, 1.807) is 6.07 Å². The minimum absolute atomic E-state index is 0.0417. The van der Waals surface area contributed by atoms with E-state index in [9.17, 15) is 9.18 Å². The van der Waals surface area contributed by atoms with Gasteiger partial charge in [0.25, 0.3) is 0 Å². The van der Waals surface area contributed by atoms with Crippen LogP contribution >= 0.6 is 0 Å². The first kappa shape index (κ1) is 13.8. The average molecular weight is 265 g/mol. The third-order valence-electron chi connectivity index (χ3n) is 3.76. The lowest BCUT2D eigenvalue weighted by Crippen LogP contribution is -2.33. The molecule has 1 aromatic rings. The molecule has 1 fully saturated rings.